The second-order valence-electron chi connectivity index (χ2n) is 15.0. The minimum Gasteiger partial charge on any atom is -0.481 e. The first kappa shape index (κ1) is 41.0. The molecule has 0 aliphatic heterocycles. The Morgan fingerprint density at radius 3 is 1.76 bits per heavy atom. The van der Waals surface area contributed by atoms with Gasteiger partial charge in [0.25, 0.3) is 0 Å². The van der Waals surface area contributed by atoms with Crippen LogP contribution in [-0.4, -0.2) is 133 Å². The van der Waals surface area contributed by atoms with Crippen LogP contribution in [0.25, 0.3) is 0 Å². The predicted octanol–water partition coefficient (Wildman–Crippen LogP) is 2.17. The van der Waals surface area contributed by atoms with Gasteiger partial charge in [0.05, 0.1) is 48.2 Å². The molecule has 0 aromatic carbocycles. The summed E-state index contributed by atoms with van der Waals surface area (Å²) < 4.78 is 12.2. The highest BCUT2D eigenvalue weighted by Crippen LogP contribution is 2.47. The molecule has 0 bridgehead atoms. The predicted molar refractivity (Wildman–Crippen MR) is 168 cm³/mol. The number of quaternary nitrogens is 2. The molecule has 0 saturated heterocycles. The fourth-order valence-corrected chi connectivity index (χ4v) is 6.03. The molecule has 1 fully saturated rings. The summed E-state index contributed by atoms with van der Waals surface area (Å²) in [7, 11) is 10.1. The number of aliphatic carboxylic acids is 2. The number of esters is 1. The summed E-state index contributed by atoms with van der Waals surface area (Å²) in [6.45, 7) is 7.64. The van der Waals surface area contributed by atoms with Crippen LogP contribution in [0.15, 0.2) is 0 Å². The number of carbonyl (C=O) groups is 7. The second-order valence-corrected chi connectivity index (χ2v) is 15.0. The van der Waals surface area contributed by atoms with Gasteiger partial charge in [0.2, 0.25) is 11.0 Å². The van der Waals surface area contributed by atoms with Gasteiger partial charge in [0.15, 0.2) is 29.2 Å². The summed E-state index contributed by atoms with van der Waals surface area (Å²) in [5.41, 5.74) is -5.68. The van der Waals surface area contributed by atoms with Crippen molar-refractivity contribution in [1.29, 1.82) is 0 Å². The van der Waals surface area contributed by atoms with E-state index in [4.69, 9.17) is 9.47 Å². The van der Waals surface area contributed by atoms with Gasteiger partial charge < -0.3 is 28.7 Å². The molecule has 0 radical (unpaired) electrons. The Bertz CT molecular complexity index is 1160. The van der Waals surface area contributed by atoms with E-state index in [9.17, 15) is 43.8 Å². The van der Waals surface area contributed by atoms with Crippen LogP contribution in [0, 0.1) is 23.2 Å². The number of likely N-dealkylation sites (N-methyl/N-ethyl adjacent to an activating group) is 2. The molecule has 1 aliphatic rings. The largest absolute Gasteiger partial charge is 0.481 e. The number of Topliss-reactive ketones (excluding diaryl/α,β-unsaturated/α-hetero) is 4. The number of rotatable bonds is 21. The lowest BCUT2D eigenvalue weighted by Gasteiger charge is -2.49. The number of unbranched alkanes of at least 4 members (excludes halogenated alkanes) is 1. The highest BCUT2D eigenvalue weighted by molar-refractivity contribution is 6.37. The molecule has 13 nitrogen and oxygen atoms in total. The molecule has 2 N–H and O–H groups in total. The average molecular weight is 657 g/mol. The minimum atomic E-state index is -2.90. The summed E-state index contributed by atoms with van der Waals surface area (Å²) in [6.07, 6.45) is -3.13. The number of hydrogen-bond acceptors (Lipinski definition) is 9. The van der Waals surface area contributed by atoms with Crippen LogP contribution in [0.1, 0.15) is 73.1 Å². The zero-order valence-electron chi connectivity index (χ0n) is 29.5. The third-order valence-corrected chi connectivity index (χ3v) is 8.15. The Kier molecular flexibility index (Phi) is 14.0. The van der Waals surface area contributed by atoms with E-state index < -0.39 is 82.0 Å². The highest BCUT2D eigenvalue weighted by Gasteiger charge is 2.73. The lowest BCUT2D eigenvalue weighted by Crippen LogP contribution is -2.74. The number of nitrogens with zero attached hydrogens (tertiary/aromatic N) is 2. The number of carbonyl (C=O) groups excluding carboxylic acids is 5. The van der Waals surface area contributed by atoms with Crippen molar-refractivity contribution < 1.29 is 62.2 Å². The molecule has 4 unspecified atom stereocenters. The van der Waals surface area contributed by atoms with E-state index in [1.165, 1.54) is 6.92 Å². The molecule has 0 amide bonds. The number of hydrogen-bond donors (Lipinski definition) is 2. The van der Waals surface area contributed by atoms with E-state index in [1.807, 2.05) is 0 Å². The first-order chi connectivity index (χ1) is 20.9. The van der Waals surface area contributed by atoms with Crippen molar-refractivity contribution in [2.45, 2.75) is 91.0 Å². The number of ether oxygens (including phenoxy) is 2. The maximum Gasteiger partial charge on any atom is 0.327 e. The zero-order chi connectivity index (χ0) is 36.0. The first-order valence-electron chi connectivity index (χ1n) is 16.0. The van der Waals surface area contributed by atoms with Crippen molar-refractivity contribution in [3.05, 3.63) is 0 Å². The average Bonchev–Trinajstić information content (AvgIpc) is 2.88. The van der Waals surface area contributed by atoms with Crippen LogP contribution in [0.5, 0.6) is 0 Å². The number of carboxylic acids is 2. The molecule has 0 heterocycles. The normalized spacial score (nSPS) is 22.0. The van der Waals surface area contributed by atoms with Gasteiger partial charge in [-0.3, -0.25) is 33.6 Å². The van der Waals surface area contributed by atoms with Gasteiger partial charge in [-0.25, -0.2) is 0 Å². The molecule has 46 heavy (non-hydrogen) atoms. The second kappa shape index (κ2) is 15.7. The van der Waals surface area contributed by atoms with E-state index in [-0.39, 0.29) is 47.7 Å². The fraction of sp³-hybridized carbons (Fsp3) is 0.788. The van der Waals surface area contributed by atoms with Crippen LogP contribution < -0.4 is 0 Å². The van der Waals surface area contributed by atoms with E-state index in [0.717, 1.165) is 0 Å². The quantitative estimate of drug-likeness (QED) is 0.105. The van der Waals surface area contributed by atoms with E-state index in [0.29, 0.717) is 12.8 Å². The van der Waals surface area contributed by atoms with Gasteiger partial charge in [-0.05, 0) is 25.7 Å². The summed E-state index contributed by atoms with van der Waals surface area (Å²) in [4.78, 5) is 95.3. The Morgan fingerprint density at radius 1 is 0.848 bits per heavy atom. The van der Waals surface area contributed by atoms with Crippen LogP contribution in [0.4, 0.5) is 0 Å². The summed E-state index contributed by atoms with van der Waals surface area (Å²) >= 11 is 0. The van der Waals surface area contributed by atoms with Gasteiger partial charge >= 0.3 is 17.9 Å². The third kappa shape index (κ3) is 9.07. The van der Waals surface area contributed by atoms with Crippen molar-refractivity contribution in [3.63, 3.8) is 0 Å². The molecule has 262 valence electrons. The van der Waals surface area contributed by atoms with Gasteiger partial charge in [-0.2, -0.15) is 0 Å². The lowest BCUT2D eigenvalue weighted by molar-refractivity contribution is -0.874. The Balaban J connectivity index is 4.37. The van der Waals surface area contributed by atoms with Crippen LogP contribution in [0.2, 0.25) is 0 Å². The summed E-state index contributed by atoms with van der Waals surface area (Å²) in [6, 6.07) is 0. The van der Waals surface area contributed by atoms with Crippen molar-refractivity contribution in [2.24, 2.45) is 23.2 Å². The smallest absolute Gasteiger partial charge is 0.327 e. The van der Waals surface area contributed by atoms with Gasteiger partial charge in [-0.1, -0.05) is 34.1 Å². The Morgan fingerprint density at radius 2 is 1.37 bits per heavy atom. The van der Waals surface area contributed by atoms with Crippen molar-refractivity contribution in [1.82, 2.24) is 0 Å². The lowest BCUT2D eigenvalue weighted by atomic mass is 9.56. The SMILES string of the molecule is CCCCC(=O)C(OC(C[N+](C)(C)C)C1(C(=O)O)C(=O)C(C)C1=O)(C(=O)CC(C)C)C(C(=O)O)C(C[N+](C)(C)C)OC(=O)CCC. The number of carboxylic acid groups (broad SMARTS) is 2. The van der Waals surface area contributed by atoms with Gasteiger partial charge in [0, 0.05) is 19.3 Å². The van der Waals surface area contributed by atoms with E-state index in [2.05, 4.69) is 0 Å². The molecule has 0 aromatic heterocycles. The van der Waals surface area contributed by atoms with Crippen LogP contribution >= 0.6 is 0 Å². The topological polar surface area (TPSA) is 178 Å². The van der Waals surface area contributed by atoms with Crippen LogP contribution in [0.3, 0.4) is 0 Å². The van der Waals surface area contributed by atoms with Crippen molar-refractivity contribution >= 4 is 41.0 Å². The van der Waals surface area contributed by atoms with E-state index in [1.54, 1.807) is 70.0 Å². The minimum absolute atomic E-state index is 0.0569. The molecule has 0 aromatic rings. The standard InChI is InChI=1S/C33H54N2O11/c1-12-14-16-23(36)33(24(37)17-20(3)4,27(30(41)42)22(18-34(6,7)8)45-26(38)15-13-2)46-25(19-35(9,10)11)32(31(43)44)28(39)21(5)29(32)40/h20-22,25,27H,12-19H2,1-11H3/p+2. The molecule has 4 atom stereocenters. The zero-order valence-corrected chi connectivity index (χ0v) is 29.5. The molecular formula is C33H56N2O11+2. The maximum atomic E-state index is 14.6. The molecule has 1 rings (SSSR count). The summed E-state index contributed by atoms with van der Waals surface area (Å²) in [5.74, 6) is -11.9. The van der Waals surface area contributed by atoms with Gasteiger partial charge in [-0.15, -0.1) is 0 Å². The molecule has 1 aliphatic carbocycles. The van der Waals surface area contributed by atoms with Gasteiger partial charge in [0.1, 0.15) is 25.1 Å². The third-order valence-electron chi connectivity index (χ3n) is 8.15. The monoisotopic (exact) mass is 656 g/mol. The number of ketones is 4. The Labute approximate surface area is 272 Å². The first-order valence-corrected chi connectivity index (χ1v) is 16.0. The summed E-state index contributed by atoms with van der Waals surface area (Å²) in [5, 5.41) is 21.4. The van der Waals surface area contributed by atoms with E-state index >= 15 is 0 Å². The Hall–Kier alpha value is -3.03. The molecule has 13 heteroatoms. The van der Waals surface area contributed by atoms with Crippen molar-refractivity contribution in [3.8, 4) is 0 Å². The molecular weight excluding hydrogens is 600 g/mol. The maximum absolute atomic E-state index is 14.6. The molecule has 0 spiro atoms. The highest BCUT2D eigenvalue weighted by atomic mass is 16.6. The molecule has 1 saturated carbocycles. The van der Waals surface area contributed by atoms with Crippen LogP contribution in [-0.2, 0) is 43.0 Å². The fourth-order valence-electron chi connectivity index (χ4n) is 6.03. The van der Waals surface area contributed by atoms with Crippen molar-refractivity contribution in [2.75, 3.05) is 55.4 Å².